The van der Waals surface area contributed by atoms with E-state index in [9.17, 15) is 18.4 Å². The topological polar surface area (TPSA) is 67.9 Å². The van der Waals surface area contributed by atoms with E-state index in [2.05, 4.69) is 10.1 Å². The van der Waals surface area contributed by atoms with Gasteiger partial charge in [0.2, 0.25) is 5.91 Å². The van der Waals surface area contributed by atoms with Crippen LogP contribution < -0.4 is 10.1 Å². The lowest BCUT2D eigenvalue weighted by Gasteiger charge is -2.26. The summed E-state index contributed by atoms with van der Waals surface area (Å²) in [4.78, 5) is 26.6. The van der Waals surface area contributed by atoms with Crippen LogP contribution in [0.4, 0.5) is 8.78 Å². The summed E-state index contributed by atoms with van der Waals surface area (Å²) < 4.78 is 34.5. The quantitative estimate of drug-likeness (QED) is 0.812. The van der Waals surface area contributed by atoms with E-state index >= 15 is 0 Å². The van der Waals surface area contributed by atoms with Crippen LogP contribution in [0.15, 0.2) is 24.3 Å². The molecule has 1 aliphatic rings. The minimum atomic E-state index is -3.03. The van der Waals surface area contributed by atoms with Gasteiger partial charge in [-0.25, -0.2) is 0 Å². The number of alkyl halides is 2. The minimum absolute atomic E-state index is 0.0208. The van der Waals surface area contributed by atoms with Crippen molar-refractivity contribution in [2.24, 2.45) is 0 Å². The number of benzene rings is 1. The maximum Gasteiger partial charge on any atom is 0.387 e. The predicted molar refractivity (Wildman–Crippen MR) is 86.6 cm³/mol. The van der Waals surface area contributed by atoms with Crippen LogP contribution in [0.1, 0.15) is 30.1 Å². The van der Waals surface area contributed by atoms with Crippen molar-refractivity contribution in [1.29, 1.82) is 0 Å². The van der Waals surface area contributed by atoms with Crippen molar-refractivity contribution >= 4 is 11.8 Å². The van der Waals surface area contributed by atoms with Gasteiger partial charge in [0.1, 0.15) is 11.8 Å². The highest BCUT2D eigenvalue weighted by atomic mass is 19.3. The van der Waals surface area contributed by atoms with Crippen LogP contribution in [0.25, 0.3) is 0 Å². The van der Waals surface area contributed by atoms with Crippen molar-refractivity contribution in [2.45, 2.75) is 38.5 Å². The Balaban J connectivity index is 2.14. The molecule has 0 radical (unpaired) electrons. The second-order valence-corrected chi connectivity index (χ2v) is 5.90. The number of rotatable bonds is 7. The first-order valence-corrected chi connectivity index (χ1v) is 8.08. The second-order valence-electron chi connectivity index (χ2n) is 5.90. The Hall–Kier alpha value is -2.22. The molecule has 0 spiro atoms. The molecule has 2 rings (SSSR count). The predicted octanol–water partition coefficient (Wildman–Crippen LogP) is 2.04. The molecule has 0 bridgehead atoms. The molecule has 1 N–H and O–H groups in total. The van der Waals surface area contributed by atoms with Crippen LogP contribution in [-0.4, -0.2) is 55.7 Å². The van der Waals surface area contributed by atoms with Crippen molar-refractivity contribution in [3.8, 4) is 5.75 Å². The summed E-state index contributed by atoms with van der Waals surface area (Å²) in [5.74, 6) is -0.961. The molecule has 2 amide bonds. The van der Waals surface area contributed by atoms with E-state index < -0.39 is 18.6 Å². The lowest BCUT2D eigenvalue weighted by molar-refractivity contribution is -0.125. The second kappa shape index (κ2) is 8.75. The Labute approximate surface area is 145 Å². The number of para-hydroxylation sites is 1. The average Bonchev–Trinajstić information content (AvgIpc) is 3.04. The number of methoxy groups -OCH3 is 1. The molecule has 0 aromatic heterocycles. The average molecular weight is 356 g/mol. The molecule has 2 unspecified atom stereocenters. The Bertz CT molecular complexity index is 612. The molecule has 0 aliphatic carbocycles. The number of ether oxygens (including phenoxy) is 2. The van der Waals surface area contributed by atoms with E-state index in [1.165, 1.54) is 30.2 Å². The van der Waals surface area contributed by atoms with Gasteiger partial charge in [-0.15, -0.1) is 0 Å². The summed E-state index contributed by atoms with van der Waals surface area (Å²) in [6.45, 7) is -0.480. The maximum atomic E-state index is 12.8. The molecule has 1 aromatic carbocycles. The fourth-order valence-corrected chi connectivity index (χ4v) is 2.91. The van der Waals surface area contributed by atoms with E-state index in [1.54, 1.807) is 13.0 Å². The van der Waals surface area contributed by atoms with Crippen LogP contribution in [0.2, 0.25) is 0 Å². The fourth-order valence-electron chi connectivity index (χ4n) is 2.91. The summed E-state index contributed by atoms with van der Waals surface area (Å²) in [6.07, 6.45) is 1.19. The highest BCUT2D eigenvalue weighted by molar-refractivity contribution is 6.00. The molecule has 0 saturated carbocycles. The number of likely N-dealkylation sites (tertiary alicyclic amines) is 1. The molecule has 1 fully saturated rings. The third-order valence-corrected chi connectivity index (χ3v) is 3.96. The summed E-state index contributed by atoms with van der Waals surface area (Å²) >= 11 is 0. The molecular formula is C17H22F2N2O4. The number of hydrogen-bond donors (Lipinski definition) is 1. The molecule has 1 aliphatic heterocycles. The summed E-state index contributed by atoms with van der Waals surface area (Å²) in [5, 5.41) is 2.80. The number of carbonyl (C=O) groups is 2. The standard InChI is InChI=1S/C17H22F2N2O4/c1-11(10-24-2)20-15(22)13-7-5-9-21(13)16(23)12-6-3-4-8-14(12)25-17(18)19/h3-4,6,8,11,13,17H,5,7,9-10H2,1-2H3,(H,20,22). The molecular weight excluding hydrogens is 334 g/mol. The van der Waals surface area contributed by atoms with Gasteiger partial charge < -0.3 is 19.7 Å². The van der Waals surface area contributed by atoms with E-state index in [4.69, 9.17) is 4.74 Å². The van der Waals surface area contributed by atoms with Gasteiger partial charge in [-0.05, 0) is 31.9 Å². The Kier molecular flexibility index (Phi) is 6.69. The van der Waals surface area contributed by atoms with E-state index in [-0.39, 0.29) is 23.3 Å². The first kappa shape index (κ1) is 19.1. The molecule has 1 aromatic rings. The van der Waals surface area contributed by atoms with Gasteiger partial charge in [0.15, 0.2) is 0 Å². The van der Waals surface area contributed by atoms with Crippen molar-refractivity contribution in [3.05, 3.63) is 29.8 Å². The first-order valence-electron chi connectivity index (χ1n) is 8.08. The van der Waals surface area contributed by atoms with Gasteiger partial charge in [-0.2, -0.15) is 8.78 Å². The SMILES string of the molecule is COCC(C)NC(=O)C1CCCN1C(=O)c1ccccc1OC(F)F. The van der Waals surface area contributed by atoms with Crippen LogP contribution in [0.3, 0.4) is 0 Å². The lowest BCUT2D eigenvalue weighted by Crippen LogP contribution is -2.49. The van der Waals surface area contributed by atoms with Crippen molar-refractivity contribution in [2.75, 3.05) is 20.3 Å². The Morgan fingerprint density at radius 2 is 2.08 bits per heavy atom. The zero-order valence-electron chi connectivity index (χ0n) is 14.2. The zero-order chi connectivity index (χ0) is 18.4. The molecule has 1 heterocycles. The van der Waals surface area contributed by atoms with E-state index in [1.807, 2.05) is 0 Å². The van der Waals surface area contributed by atoms with Gasteiger partial charge in [-0.1, -0.05) is 12.1 Å². The monoisotopic (exact) mass is 356 g/mol. The van der Waals surface area contributed by atoms with Crippen molar-refractivity contribution in [1.82, 2.24) is 10.2 Å². The number of amides is 2. The summed E-state index contributed by atoms with van der Waals surface area (Å²) in [6, 6.07) is 4.98. The lowest BCUT2D eigenvalue weighted by atomic mass is 10.1. The van der Waals surface area contributed by atoms with Gasteiger partial charge >= 0.3 is 6.61 Å². The number of nitrogens with one attached hydrogen (secondary N) is 1. The number of hydrogen-bond acceptors (Lipinski definition) is 4. The Morgan fingerprint density at radius 3 is 2.76 bits per heavy atom. The molecule has 1 saturated heterocycles. The van der Waals surface area contributed by atoms with Crippen LogP contribution in [0.5, 0.6) is 5.75 Å². The van der Waals surface area contributed by atoms with Gasteiger partial charge in [0, 0.05) is 19.7 Å². The Morgan fingerprint density at radius 1 is 1.36 bits per heavy atom. The normalized spacial score (nSPS) is 18.3. The first-order chi connectivity index (χ1) is 11.9. The zero-order valence-corrected chi connectivity index (χ0v) is 14.2. The van der Waals surface area contributed by atoms with Gasteiger partial charge in [0.05, 0.1) is 12.2 Å². The highest BCUT2D eigenvalue weighted by Gasteiger charge is 2.36. The molecule has 2 atom stereocenters. The number of halogens is 2. The third kappa shape index (κ3) is 4.88. The third-order valence-electron chi connectivity index (χ3n) is 3.96. The van der Waals surface area contributed by atoms with Crippen molar-refractivity contribution < 1.29 is 27.8 Å². The van der Waals surface area contributed by atoms with Gasteiger partial charge in [0.25, 0.3) is 5.91 Å². The van der Waals surface area contributed by atoms with Crippen LogP contribution in [0, 0.1) is 0 Å². The summed E-state index contributed by atoms with van der Waals surface area (Å²) in [7, 11) is 1.54. The van der Waals surface area contributed by atoms with Crippen LogP contribution >= 0.6 is 0 Å². The van der Waals surface area contributed by atoms with E-state index in [0.29, 0.717) is 26.0 Å². The fraction of sp³-hybridized carbons (Fsp3) is 0.529. The molecule has 8 heteroatoms. The highest BCUT2D eigenvalue weighted by Crippen LogP contribution is 2.26. The largest absolute Gasteiger partial charge is 0.434 e. The smallest absolute Gasteiger partial charge is 0.387 e. The maximum absolute atomic E-state index is 12.8. The van der Waals surface area contributed by atoms with Crippen molar-refractivity contribution in [3.63, 3.8) is 0 Å². The summed E-state index contributed by atoms with van der Waals surface area (Å²) in [5.41, 5.74) is 0.0208. The van der Waals surface area contributed by atoms with E-state index in [0.717, 1.165) is 0 Å². The van der Waals surface area contributed by atoms with Crippen LogP contribution in [-0.2, 0) is 9.53 Å². The molecule has 6 nitrogen and oxygen atoms in total. The minimum Gasteiger partial charge on any atom is -0.434 e. The molecule has 138 valence electrons. The molecule has 25 heavy (non-hydrogen) atoms. The number of carbonyl (C=O) groups excluding carboxylic acids is 2. The van der Waals surface area contributed by atoms with Gasteiger partial charge in [-0.3, -0.25) is 9.59 Å². The number of nitrogens with zero attached hydrogens (tertiary/aromatic N) is 1.